The fourth-order valence-corrected chi connectivity index (χ4v) is 1.47. The molecule has 96 valence electrons. The van der Waals surface area contributed by atoms with Gasteiger partial charge in [0.1, 0.15) is 0 Å². The molecule has 6 heteroatoms. The smallest absolute Gasteiger partial charge is 0.407 e. The van der Waals surface area contributed by atoms with Crippen LogP contribution in [0.5, 0.6) is 0 Å². The van der Waals surface area contributed by atoms with E-state index in [9.17, 15) is 14.9 Å². The zero-order valence-electron chi connectivity index (χ0n) is 9.78. The molecule has 0 fully saturated rings. The second kappa shape index (κ2) is 6.39. The highest BCUT2D eigenvalue weighted by Crippen LogP contribution is 2.12. The zero-order chi connectivity index (χ0) is 13.5. The minimum atomic E-state index is -1.00. The molecule has 6 nitrogen and oxygen atoms in total. The van der Waals surface area contributed by atoms with Gasteiger partial charge in [-0.3, -0.25) is 10.1 Å². The van der Waals surface area contributed by atoms with Crippen LogP contribution in [-0.2, 0) is 6.42 Å². The van der Waals surface area contributed by atoms with Crippen LogP contribution in [0.1, 0.15) is 5.56 Å². The van der Waals surface area contributed by atoms with Crippen molar-refractivity contribution in [2.75, 3.05) is 13.1 Å². The first-order chi connectivity index (χ1) is 8.54. The molecule has 0 aliphatic heterocycles. The van der Waals surface area contributed by atoms with Gasteiger partial charge in [-0.05, 0) is 12.0 Å². The van der Waals surface area contributed by atoms with Gasteiger partial charge in [-0.1, -0.05) is 18.2 Å². The van der Waals surface area contributed by atoms with Gasteiger partial charge < -0.3 is 10.0 Å². The second-order valence-electron chi connectivity index (χ2n) is 3.69. The van der Waals surface area contributed by atoms with Crippen molar-refractivity contribution in [3.63, 3.8) is 0 Å². The number of nitro groups is 1. The van der Waals surface area contributed by atoms with Crippen LogP contribution in [0.2, 0.25) is 0 Å². The van der Waals surface area contributed by atoms with E-state index in [2.05, 4.69) is 6.58 Å². The van der Waals surface area contributed by atoms with E-state index in [-0.39, 0.29) is 12.2 Å². The monoisotopic (exact) mass is 250 g/mol. The van der Waals surface area contributed by atoms with E-state index in [0.29, 0.717) is 13.0 Å². The lowest BCUT2D eigenvalue weighted by Gasteiger charge is -2.16. The summed E-state index contributed by atoms with van der Waals surface area (Å²) in [6, 6.07) is 6.08. The van der Waals surface area contributed by atoms with Gasteiger partial charge in [-0.25, -0.2) is 4.79 Å². The number of hydrogen-bond donors (Lipinski definition) is 1. The highest BCUT2D eigenvalue weighted by Gasteiger charge is 2.10. The van der Waals surface area contributed by atoms with E-state index < -0.39 is 11.0 Å². The van der Waals surface area contributed by atoms with Crippen molar-refractivity contribution in [1.82, 2.24) is 4.90 Å². The van der Waals surface area contributed by atoms with Gasteiger partial charge in [-0.15, -0.1) is 6.58 Å². The third kappa shape index (κ3) is 3.89. The van der Waals surface area contributed by atoms with Gasteiger partial charge in [0.05, 0.1) is 4.92 Å². The van der Waals surface area contributed by atoms with Crippen LogP contribution in [0.25, 0.3) is 0 Å². The van der Waals surface area contributed by atoms with Crippen molar-refractivity contribution in [3.05, 3.63) is 52.6 Å². The molecule has 1 rings (SSSR count). The van der Waals surface area contributed by atoms with E-state index in [0.717, 1.165) is 5.56 Å². The molecule has 0 saturated heterocycles. The minimum Gasteiger partial charge on any atom is -0.465 e. The lowest BCUT2D eigenvalue weighted by atomic mass is 10.1. The molecule has 0 aliphatic rings. The highest BCUT2D eigenvalue weighted by atomic mass is 16.6. The molecular formula is C12H14N2O4. The summed E-state index contributed by atoms with van der Waals surface area (Å²) in [6.07, 6.45) is 1.03. The average Bonchev–Trinajstić information content (AvgIpc) is 2.34. The minimum absolute atomic E-state index is 0.0277. The molecule has 0 radical (unpaired) electrons. The van der Waals surface area contributed by atoms with E-state index in [4.69, 9.17) is 5.11 Å². The summed E-state index contributed by atoms with van der Waals surface area (Å²) >= 11 is 0. The van der Waals surface area contributed by atoms with Crippen LogP contribution < -0.4 is 0 Å². The molecule has 0 heterocycles. The van der Waals surface area contributed by atoms with Crippen molar-refractivity contribution in [3.8, 4) is 0 Å². The number of nitro benzene ring substituents is 1. The van der Waals surface area contributed by atoms with Crippen molar-refractivity contribution < 1.29 is 14.8 Å². The molecule has 1 amide bonds. The molecule has 18 heavy (non-hydrogen) atoms. The van der Waals surface area contributed by atoms with Gasteiger partial charge in [0.2, 0.25) is 0 Å². The lowest BCUT2D eigenvalue weighted by molar-refractivity contribution is -0.384. The molecule has 1 N–H and O–H groups in total. The number of hydrogen-bond acceptors (Lipinski definition) is 3. The summed E-state index contributed by atoms with van der Waals surface area (Å²) in [6.45, 7) is 4.09. The second-order valence-corrected chi connectivity index (χ2v) is 3.69. The summed E-state index contributed by atoms with van der Waals surface area (Å²) in [5.41, 5.74) is 0.885. The van der Waals surface area contributed by atoms with E-state index in [1.807, 2.05) is 0 Å². The molecule has 0 saturated carbocycles. The zero-order valence-corrected chi connectivity index (χ0v) is 9.78. The Morgan fingerprint density at radius 2 is 2.06 bits per heavy atom. The molecule has 0 spiro atoms. The maximum atomic E-state index is 10.8. The Labute approximate surface area is 104 Å². The van der Waals surface area contributed by atoms with Crippen LogP contribution >= 0.6 is 0 Å². The van der Waals surface area contributed by atoms with Crippen molar-refractivity contribution >= 4 is 11.8 Å². The molecule has 0 unspecified atom stereocenters. The number of carbonyl (C=O) groups is 1. The fraction of sp³-hybridized carbons (Fsp3) is 0.250. The van der Waals surface area contributed by atoms with Crippen LogP contribution in [-0.4, -0.2) is 34.1 Å². The van der Waals surface area contributed by atoms with Crippen LogP contribution in [0.3, 0.4) is 0 Å². The summed E-state index contributed by atoms with van der Waals surface area (Å²) in [4.78, 5) is 22.1. The van der Waals surface area contributed by atoms with Gasteiger partial charge >= 0.3 is 6.09 Å². The largest absolute Gasteiger partial charge is 0.465 e. The van der Waals surface area contributed by atoms with Gasteiger partial charge in [-0.2, -0.15) is 0 Å². The molecule has 0 aliphatic carbocycles. The summed E-state index contributed by atoms with van der Waals surface area (Å²) in [5.74, 6) is 0. The number of nitrogens with zero attached hydrogens (tertiary/aromatic N) is 2. The topological polar surface area (TPSA) is 83.7 Å². The Hall–Kier alpha value is -2.37. The third-order valence-electron chi connectivity index (χ3n) is 2.44. The summed E-state index contributed by atoms with van der Waals surface area (Å²) in [7, 11) is 0. The Morgan fingerprint density at radius 3 is 2.50 bits per heavy atom. The van der Waals surface area contributed by atoms with Crippen molar-refractivity contribution in [1.29, 1.82) is 0 Å². The first-order valence-electron chi connectivity index (χ1n) is 5.36. The van der Waals surface area contributed by atoms with Crippen LogP contribution in [0, 0.1) is 10.1 Å². The molecule has 0 atom stereocenters. The first kappa shape index (κ1) is 13.7. The average molecular weight is 250 g/mol. The van der Waals surface area contributed by atoms with E-state index in [1.165, 1.54) is 23.1 Å². The van der Waals surface area contributed by atoms with Crippen molar-refractivity contribution in [2.45, 2.75) is 6.42 Å². The molecule has 0 bridgehead atoms. The lowest BCUT2D eigenvalue weighted by Crippen LogP contribution is -2.31. The number of benzene rings is 1. The maximum absolute atomic E-state index is 10.8. The first-order valence-corrected chi connectivity index (χ1v) is 5.36. The summed E-state index contributed by atoms with van der Waals surface area (Å²) < 4.78 is 0. The molecular weight excluding hydrogens is 236 g/mol. The fourth-order valence-electron chi connectivity index (χ4n) is 1.47. The standard InChI is InChI=1S/C12H14N2O4/c1-2-8-13(12(15)16)9-7-10-3-5-11(6-4-10)14(17)18/h2-6H,1,7-9H2,(H,15,16). The Balaban J connectivity index is 2.59. The SMILES string of the molecule is C=CCN(CCc1ccc([N+](=O)[O-])cc1)C(=O)O. The van der Waals surface area contributed by atoms with Crippen LogP contribution in [0.15, 0.2) is 36.9 Å². The Kier molecular flexibility index (Phi) is 4.86. The highest BCUT2D eigenvalue weighted by molar-refractivity contribution is 5.65. The number of carboxylic acid groups (broad SMARTS) is 1. The molecule has 0 aromatic heterocycles. The Morgan fingerprint density at radius 1 is 1.44 bits per heavy atom. The van der Waals surface area contributed by atoms with E-state index >= 15 is 0 Å². The normalized spacial score (nSPS) is 9.78. The summed E-state index contributed by atoms with van der Waals surface area (Å²) in [5, 5.41) is 19.3. The molecule has 1 aromatic carbocycles. The quantitative estimate of drug-likeness (QED) is 0.477. The predicted octanol–water partition coefficient (Wildman–Crippen LogP) is 2.30. The predicted molar refractivity (Wildman–Crippen MR) is 66.6 cm³/mol. The third-order valence-corrected chi connectivity index (χ3v) is 2.44. The van der Waals surface area contributed by atoms with Gasteiger partial charge in [0, 0.05) is 25.2 Å². The number of rotatable bonds is 6. The maximum Gasteiger partial charge on any atom is 0.407 e. The van der Waals surface area contributed by atoms with E-state index in [1.54, 1.807) is 12.1 Å². The Bertz CT molecular complexity index is 442. The van der Waals surface area contributed by atoms with Crippen molar-refractivity contribution in [2.24, 2.45) is 0 Å². The van der Waals surface area contributed by atoms with Gasteiger partial charge in [0.25, 0.3) is 5.69 Å². The number of amides is 1. The molecule has 1 aromatic rings. The number of non-ortho nitro benzene ring substituents is 1. The van der Waals surface area contributed by atoms with Gasteiger partial charge in [0.15, 0.2) is 0 Å². The van der Waals surface area contributed by atoms with Crippen LogP contribution in [0.4, 0.5) is 10.5 Å².